The highest BCUT2D eigenvalue weighted by Gasteiger charge is 2.13. The molecule has 0 spiro atoms. The molecular formula is C13H18N4O2S. The van der Waals surface area contributed by atoms with Crippen molar-refractivity contribution in [2.75, 3.05) is 6.54 Å². The van der Waals surface area contributed by atoms with E-state index < -0.39 is 10.0 Å². The van der Waals surface area contributed by atoms with Crippen molar-refractivity contribution in [2.45, 2.75) is 24.9 Å². The molecule has 7 heteroatoms. The monoisotopic (exact) mass is 294 g/mol. The van der Waals surface area contributed by atoms with Crippen molar-refractivity contribution < 1.29 is 8.42 Å². The van der Waals surface area contributed by atoms with Crippen molar-refractivity contribution >= 4 is 10.0 Å². The van der Waals surface area contributed by atoms with Gasteiger partial charge in [-0.15, -0.1) is 0 Å². The summed E-state index contributed by atoms with van der Waals surface area (Å²) in [5.41, 5.74) is 1.77. The molecule has 1 aromatic carbocycles. The van der Waals surface area contributed by atoms with Gasteiger partial charge < -0.3 is 10.3 Å². The number of hydrogen-bond donors (Lipinski definition) is 3. The van der Waals surface area contributed by atoms with Gasteiger partial charge in [0.2, 0.25) is 10.0 Å². The molecule has 3 N–H and O–H groups in total. The predicted molar refractivity (Wildman–Crippen MR) is 76.4 cm³/mol. The molecule has 0 aliphatic carbocycles. The molecule has 0 fully saturated rings. The van der Waals surface area contributed by atoms with Crippen molar-refractivity contribution in [3.8, 4) is 0 Å². The van der Waals surface area contributed by atoms with E-state index in [0.29, 0.717) is 0 Å². The van der Waals surface area contributed by atoms with Crippen molar-refractivity contribution in [1.29, 1.82) is 0 Å². The molecule has 0 saturated heterocycles. The van der Waals surface area contributed by atoms with Crippen molar-refractivity contribution in [3.63, 3.8) is 0 Å². The Morgan fingerprint density at radius 1 is 1.20 bits per heavy atom. The van der Waals surface area contributed by atoms with Gasteiger partial charge in [0, 0.05) is 18.4 Å². The SMILES string of the molecule is CCNCc1ccc(S(=O)(=O)NCc2cnc[nH]2)cc1. The van der Waals surface area contributed by atoms with E-state index in [-0.39, 0.29) is 11.4 Å². The maximum absolute atomic E-state index is 12.1. The van der Waals surface area contributed by atoms with Crippen LogP contribution in [-0.2, 0) is 23.1 Å². The van der Waals surface area contributed by atoms with E-state index >= 15 is 0 Å². The summed E-state index contributed by atoms with van der Waals surface area (Å²) in [5, 5.41) is 3.19. The van der Waals surface area contributed by atoms with Gasteiger partial charge in [-0.25, -0.2) is 18.1 Å². The number of H-pyrrole nitrogens is 1. The number of nitrogens with one attached hydrogen (secondary N) is 3. The lowest BCUT2D eigenvalue weighted by atomic mass is 10.2. The lowest BCUT2D eigenvalue weighted by molar-refractivity contribution is 0.580. The summed E-state index contributed by atoms with van der Waals surface area (Å²) >= 11 is 0. The highest BCUT2D eigenvalue weighted by molar-refractivity contribution is 7.89. The van der Waals surface area contributed by atoms with E-state index in [9.17, 15) is 8.42 Å². The second kappa shape index (κ2) is 6.65. The Morgan fingerprint density at radius 3 is 2.55 bits per heavy atom. The number of hydrogen-bond acceptors (Lipinski definition) is 4. The van der Waals surface area contributed by atoms with Crippen LogP contribution in [-0.4, -0.2) is 24.9 Å². The van der Waals surface area contributed by atoms with Crippen LogP contribution in [0.15, 0.2) is 41.7 Å². The molecule has 20 heavy (non-hydrogen) atoms. The van der Waals surface area contributed by atoms with Gasteiger partial charge in [-0.05, 0) is 24.2 Å². The molecule has 0 bridgehead atoms. The van der Waals surface area contributed by atoms with E-state index in [4.69, 9.17) is 0 Å². The largest absolute Gasteiger partial charge is 0.347 e. The average molecular weight is 294 g/mol. The number of sulfonamides is 1. The van der Waals surface area contributed by atoms with E-state index in [0.717, 1.165) is 24.3 Å². The minimum Gasteiger partial charge on any atom is -0.347 e. The standard InChI is InChI=1S/C13H18N4O2S/c1-2-14-7-11-3-5-13(6-4-11)20(18,19)17-9-12-8-15-10-16-12/h3-6,8,10,14,17H,2,7,9H2,1H3,(H,15,16). The molecule has 2 aromatic rings. The fourth-order valence-corrected chi connectivity index (χ4v) is 2.70. The average Bonchev–Trinajstić information content (AvgIpc) is 2.97. The topological polar surface area (TPSA) is 86.9 Å². The second-order valence-electron chi connectivity index (χ2n) is 4.33. The quantitative estimate of drug-likeness (QED) is 0.711. The molecule has 1 aromatic heterocycles. The summed E-state index contributed by atoms with van der Waals surface area (Å²) in [5.74, 6) is 0. The number of nitrogens with zero attached hydrogens (tertiary/aromatic N) is 1. The smallest absolute Gasteiger partial charge is 0.240 e. The summed E-state index contributed by atoms with van der Waals surface area (Å²) in [4.78, 5) is 6.95. The molecule has 0 radical (unpaired) electrons. The van der Waals surface area contributed by atoms with Crippen LogP contribution in [0.1, 0.15) is 18.2 Å². The van der Waals surface area contributed by atoms with E-state index in [1.165, 1.54) is 6.33 Å². The third-order valence-corrected chi connectivity index (χ3v) is 4.24. The second-order valence-corrected chi connectivity index (χ2v) is 6.09. The first-order chi connectivity index (χ1) is 9.62. The van der Waals surface area contributed by atoms with Gasteiger partial charge in [0.1, 0.15) is 0 Å². The summed E-state index contributed by atoms with van der Waals surface area (Å²) in [6.07, 6.45) is 3.10. The third-order valence-electron chi connectivity index (χ3n) is 2.82. The summed E-state index contributed by atoms with van der Waals surface area (Å²) in [7, 11) is -3.49. The van der Waals surface area contributed by atoms with Crippen molar-refractivity contribution in [3.05, 3.63) is 48.0 Å². The maximum Gasteiger partial charge on any atom is 0.240 e. The van der Waals surface area contributed by atoms with Crippen LogP contribution in [0.2, 0.25) is 0 Å². The lowest BCUT2D eigenvalue weighted by Gasteiger charge is -2.07. The molecule has 0 unspecified atom stereocenters. The van der Waals surface area contributed by atoms with Gasteiger partial charge in [0.25, 0.3) is 0 Å². The van der Waals surface area contributed by atoms with Crippen LogP contribution in [0.3, 0.4) is 0 Å². The normalized spacial score (nSPS) is 11.7. The van der Waals surface area contributed by atoms with Gasteiger partial charge in [0.05, 0.1) is 17.8 Å². The zero-order valence-electron chi connectivity index (χ0n) is 11.3. The van der Waals surface area contributed by atoms with Gasteiger partial charge in [-0.1, -0.05) is 19.1 Å². The Hall–Kier alpha value is -1.70. The van der Waals surface area contributed by atoms with Crippen molar-refractivity contribution in [2.24, 2.45) is 0 Å². The lowest BCUT2D eigenvalue weighted by Crippen LogP contribution is -2.23. The van der Waals surface area contributed by atoms with Crippen LogP contribution < -0.4 is 10.0 Å². The number of rotatable bonds is 7. The molecule has 2 rings (SSSR count). The summed E-state index contributed by atoms with van der Waals surface area (Å²) in [6.45, 7) is 3.84. The molecular weight excluding hydrogens is 276 g/mol. The third kappa shape index (κ3) is 3.89. The minimum absolute atomic E-state index is 0.196. The van der Waals surface area contributed by atoms with Crippen molar-refractivity contribution in [1.82, 2.24) is 20.0 Å². The van der Waals surface area contributed by atoms with Gasteiger partial charge in [-0.2, -0.15) is 0 Å². The number of aromatic nitrogens is 2. The van der Waals surface area contributed by atoms with Crippen LogP contribution in [0.4, 0.5) is 0 Å². The van der Waals surface area contributed by atoms with Gasteiger partial charge in [-0.3, -0.25) is 0 Å². The minimum atomic E-state index is -3.49. The molecule has 0 amide bonds. The Kier molecular flexibility index (Phi) is 4.89. The number of aromatic amines is 1. The Morgan fingerprint density at radius 2 is 1.95 bits per heavy atom. The molecule has 1 heterocycles. The molecule has 108 valence electrons. The zero-order chi connectivity index (χ0) is 14.4. The Labute approximate surface area is 118 Å². The first-order valence-electron chi connectivity index (χ1n) is 6.38. The number of benzene rings is 1. The van der Waals surface area contributed by atoms with Gasteiger partial charge >= 0.3 is 0 Å². The zero-order valence-corrected chi connectivity index (χ0v) is 12.1. The summed E-state index contributed by atoms with van der Waals surface area (Å²) < 4.78 is 26.7. The molecule has 0 aliphatic rings. The van der Waals surface area contributed by atoms with E-state index in [1.54, 1.807) is 18.3 Å². The van der Waals surface area contributed by atoms with Gasteiger partial charge in [0.15, 0.2) is 0 Å². The molecule has 0 saturated carbocycles. The Balaban J connectivity index is 2.01. The highest BCUT2D eigenvalue weighted by Crippen LogP contribution is 2.11. The Bertz CT molecular complexity index is 621. The molecule has 6 nitrogen and oxygen atoms in total. The fraction of sp³-hybridized carbons (Fsp3) is 0.308. The van der Waals surface area contributed by atoms with E-state index in [2.05, 4.69) is 20.0 Å². The van der Waals surface area contributed by atoms with E-state index in [1.807, 2.05) is 19.1 Å². The molecule has 0 aliphatic heterocycles. The van der Waals surface area contributed by atoms with Crippen LogP contribution in [0, 0.1) is 0 Å². The van der Waals surface area contributed by atoms with Crippen LogP contribution >= 0.6 is 0 Å². The maximum atomic E-state index is 12.1. The van der Waals surface area contributed by atoms with Crippen LogP contribution in [0.25, 0.3) is 0 Å². The fourth-order valence-electron chi connectivity index (χ4n) is 1.69. The highest BCUT2D eigenvalue weighted by atomic mass is 32.2. The van der Waals surface area contributed by atoms with Crippen LogP contribution in [0.5, 0.6) is 0 Å². The number of imidazole rings is 1. The first-order valence-corrected chi connectivity index (χ1v) is 7.86. The predicted octanol–water partition coefficient (Wildman–Crippen LogP) is 0.998. The first kappa shape index (κ1) is 14.7. The summed E-state index contributed by atoms with van der Waals surface area (Å²) in [6, 6.07) is 6.85. The molecule has 0 atom stereocenters.